The molecule has 0 bridgehead atoms. The molecule has 0 aromatic carbocycles. The number of hydrogen-bond acceptors (Lipinski definition) is 5. The summed E-state index contributed by atoms with van der Waals surface area (Å²) in [7, 11) is 0. The van der Waals surface area contributed by atoms with Crippen molar-refractivity contribution in [1.29, 1.82) is 0 Å². The number of nitrogens with zero attached hydrogens (tertiary/aromatic N) is 2. The van der Waals surface area contributed by atoms with Crippen molar-refractivity contribution in [2.24, 2.45) is 5.73 Å². The summed E-state index contributed by atoms with van der Waals surface area (Å²) in [6.07, 6.45) is 2.24. The smallest absolute Gasteiger partial charge is 0.259 e. The first kappa shape index (κ1) is 16.7. The number of hydrogen-bond donors (Lipinski definition) is 2. The van der Waals surface area contributed by atoms with E-state index in [1.165, 1.54) is 0 Å². The van der Waals surface area contributed by atoms with Gasteiger partial charge in [-0.05, 0) is 24.8 Å². The van der Waals surface area contributed by atoms with E-state index in [0.29, 0.717) is 30.3 Å². The monoisotopic (exact) mass is 324 g/mol. The fourth-order valence-corrected chi connectivity index (χ4v) is 2.43. The minimum atomic E-state index is -0.139. The van der Waals surface area contributed by atoms with E-state index in [4.69, 9.17) is 10.3 Å². The molecule has 1 fully saturated rings. The van der Waals surface area contributed by atoms with Crippen LogP contribution in [0.2, 0.25) is 0 Å². The van der Waals surface area contributed by atoms with Crippen molar-refractivity contribution in [3.05, 3.63) is 23.0 Å². The van der Waals surface area contributed by atoms with Gasteiger partial charge >= 0.3 is 0 Å². The Labute approximate surface area is 135 Å². The summed E-state index contributed by atoms with van der Waals surface area (Å²) in [4.78, 5) is 17.0. The van der Waals surface area contributed by atoms with Crippen molar-refractivity contribution >= 4 is 29.4 Å². The SMILES string of the molecule is CC(C)c1noc2nc(C3CC3)cc(C(=O)NCCN)c12.Cl. The van der Waals surface area contributed by atoms with Gasteiger partial charge in [0.1, 0.15) is 0 Å². The first-order valence-electron chi connectivity index (χ1n) is 7.40. The number of nitrogens with two attached hydrogens (primary N) is 1. The molecule has 1 saturated carbocycles. The lowest BCUT2D eigenvalue weighted by molar-refractivity contribution is 0.0956. The van der Waals surface area contributed by atoms with Gasteiger partial charge in [0.25, 0.3) is 11.6 Å². The molecule has 0 unspecified atom stereocenters. The number of halogens is 1. The molecule has 120 valence electrons. The van der Waals surface area contributed by atoms with E-state index < -0.39 is 0 Å². The largest absolute Gasteiger partial charge is 0.351 e. The zero-order valence-electron chi connectivity index (χ0n) is 12.8. The molecule has 0 atom stereocenters. The van der Waals surface area contributed by atoms with Gasteiger partial charge in [-0.15, -0.1) is 12.4 Å². The summed E-state index contributed by atoms with van der Waals surface area (Å²) in [6.45, 7) is 4.90. The Balaban J connectivity index is 0.00000176. The van der Waals surface area contributed by atoms with Crippen molar-refractivity contribution in [2.75, 3.05) is 13.1 Å². The number of carbonyl (C=O) groups is 1. The predicted molar refractivity (Wildman–Crippen MR) is 86.5 cm³/mol. The van der Waals surface area contributed by atoms with E-state index in [2.05, 4.69) is 15.5 Å². The highest BCUT2D eigenvalue weighted by Crippen LogP contribution is 2.40. The van der Waals surface area contributed by atoms with Crippen LogP contribution < -0.4 is 11.1 Å². The molecule has 22 heavy (non-hydrogen) atoms. The third kappa shape index (κ3) is 3.08. The summed E-state index contributed by atoms with van der Waals surface area (Å²) in [5.74, 6) is 0.476. The summed E-state index contributed by atoms with van der Waals surface area (Å²) >= 11 is 0. The van der Waals surface area contributed by atoms with Crippen LogP contribution in [0, 0.1) is 0 Å². The summed E-state index contributed by atoms with van der Waals surface area (Å²) < 4.78 is 5.36. The molecule has 2 heterocycles. The number of pyridine rings is 1. The Bertz CT molecular complexity index is 679. The molecule has 0 aliphatic heterocycles. The van der Waals surface area contributed by atoms with Gasteiger partial charge in [0.2, 0.25) is 0 Å². The van der Waals surface area contributed by atoms with Crippen LogP contribution in [0.5, 0.6) is 0 Å². The minimum Gasteiger partial charge on any atom is -0.351 e. The third-order valence-electron chi connectivity index (χ3n) is 3.71. The van der Waals surface area contributed by atoms with Crippen molar-refractivity contribution < 1.29 is 9.32 Å². The molecule has 1 amide bonds. The Morgan fingerprint density at radius 2 is 2.23 bits per heavy atom. The molecule has 1 aliphatic carbocycles. The van der Waals surface area contributed by atoms with Gasteiger partial charge < -0.3 is 15.6 Å². The van der Waals surface area contributed by atoms with Crippen LogP contribution in [-0.2, 0) is 0 Å². The second-order valence-electron chi connectivity index (χ2n) is 5.82. The van der Waals surface area contributed by atoms with Gasteiger partial charge in [-0.3, -0.25) is 4.79 Å². The van der Waals surface area contributed by atoms with Crippen LogP contribution in [0.4, 0.5) is 0 Å². The number of aromatic nitrogens is 2. The molecule has 7 heteroatoms. The average molecular weight is 325 g/mol. The lowest BCUT2D eigenvalue weighted by atomic mass is 10.0. The molecule has 2 aromatic rings. The van der Waals surface area contributed by atoms with Gasteiger partial charge in [0.05, 0.1) is 16.6 Å². The predicted octanol–water partition coefficient (Wildman–Crippen LogP) is 2.33. The molecule has 2 aromatic heterocycles. The second kappa shape index (κ2) is 6.62. The number of rotatable bonds is 5. The van der Waals surface area contributed by atoms with Crippen LogP contribution in [0.25, 0.3) is 11.1 Å². The molecule has 0 radical (unpaired) electrons. The lowest BCUT2D eigenvalue weighted by Crippen LogP contribution is -2.29. The molecular formula is C15H21ClN4O2. The van der Waals surface area contributed by atoms with E-state index in [1.54, 1.807) is 0 Å². The molecule has 0 spiro atoms. The van der Waals surface area contributed by atoms with Gasteiger partial charge in [0.15, 0.2) is 0 Å². The highest BCUT2D eigenvalue weighted by Gasteiger charge is 2.29. The highest BCUT2D eigenvalue weighted by molar-refractivity contribution is 6.06. The second-order valence-corrected chi connectivity index (χ2v) is 5.82. The van der Waals surface area contributed by atoms with E-state index in [1.807, 2.05) is 19.9 Å². The Hall–Kier alpha value is -1.66. The maximum absolute atomic E-state index is 12.4. The molecule has 3 rings (SSSR count). The average Bonchev–Trinajstić information content (AvgIpc) is 3.22. The zero-order chi connectivity index (χ0) is 15.0. The Morgan fingerprint density at radius 1 is 1.50 bits per heavy atom. The van der Waals surface area contributed by atoms with Gasteiger partial charge in [-0.1, -0.05) is 19.0 Å². The molecular weight excluding hydrogens is 304 g/mol. The lowest BCUT2D eigenvalue weighted by Gasteiger charge is -2.08. The van der Waals surface area contributed by atoms with Crippen molar-refractivity contribution in [3.63, 3.8) is 0 Å². The molecule has 6 nitrogen and oxygen atoms in total. The van der Waals surface area contributed by atoms with E-state index >= 15 is 0 Å². The highest BCUT2D eigenvalue weighted by atomic mass is 35.5. The molecule has 3 N–H and O–H groups in total. The first-order valence-corrected chi connectivity index (χ1v) is 7.40. The summed E-state index contributed by atoms with van der Waals surface area (Å²) in [6, 6.07) is 1.88. The quantitative estimate of drug-likeness (QED) is 0.880. The van der Waals surface area contributed by atoms with Crippen molar-refractivity contribution in [3.8, 4) is 0 Å². The normalized spacial score (nSPS) is 14.2. The minimum absolute atomic E-state index is 0. The van der Waals surface area contributed by atoms with Crippen LogP contribution in [0.15, 0.2) is 10.6 Å². The van der Waals surface area contributed by atoms with Crippen LogP contribution in [0.3, 0.4) is 0 Å². The fourth-order valence-electron chi connectivity index (χ4n) is 2.43. The standard InChI is InChI=1S/C15H20N4O2.ClH/c1-8(2)13-12-10(14(20)17-6-5-16)7-11(9-3-4-9)18-15(12)21-19-13;/h7-9H,3-6,16H2,1-2H3,(H,17,20);1H. The summed E-state index contributed by atoms with van der Waals surface area (Å²) in [5, 5.41) is 7.64. The van der Waals surface area contributed by atoms with Gasteiger partial charge in [-0.2, -0.15) is 0 Å². The molecule has 1 aliphatic rings. The maximum Gasteiger partial charge on any atom is 0.259 e. The first-order chi connectivity index (χ1) is 10.1. The van der Waals surface area contributed by atoms with Crippen LogP contribution in [0.1, 0.15) is 60.3 Å². The number of fused-ring (bicyclic) bond motifs is 1. The van der Waals surface area contributed by atoms with E-state index in [-0.39, 0.29) is 24.2 Å². The van der Waals surface area contributed by atoms with E-state index in [9.17, 15) is 4.79 Å². The number of nitrogens with one attached hydrogen (secondary N) is 1. The summed E-state index contributed by atoms with van der Waals surface area (Å²) in [5.41, 5.74) is 8.21. The zero-order valence-corrected chi connectivity index (χ0v) is 13.6. The van der Waals surface area contributed by atoms with E-state index in [0.717, 1.165) is 29.6 Å². The Kier molecular flexibility index (Phi) is 5.03. The van der Waals surface area contributed by atoms with Crippen LogP contribution >= 0.6 is 12.4 Å². The molecule has 0 saturated heterocycles. The maximum atomic E-state index is 12.4. The van der Waals surface area contributed by atoms with Gasteiger partial charge in [0, 0.05) is 24.7 Å². The van der Waals surface area contributed by atoms with Crippen molar-refractivity contribution in [2.45, 2.75) is 38.5 Å². The van der Waals surface area contributed by atoms with Crippen LogP contribution in [-0.4, -0.2) is 29.1 Å². The number of carbonyl (C=O) groups excluding carboxylic acids is 1. The fraction of sp³-hybridized carbons (Fsp3) is 0.533. The van der Waals surface area contributed by atoms with Crippen molar-refractivity contribution in [1.82, 2.24) is 15.5 Å². The van der Waals surface area contributed by atoms with Gasteiger partial charge in [-0.25, -0.2) is 4.98 Å². The topological polar surface area (TPSA) is 94.0 Å². The Morgan fingerprint density at radius 3 is 2.82 bits per heavy atom. The third-order valence-corrected chi connectivity index (χ3v) is 3.71. The number of amides is 1.